The smallest absolute Gasteiger partial charge is 0.338 e. The summed E-state index contributed by atoms with van der Waals surface area (Å²) >= 11 is 0. The molecular weight excluding hydrogens is 256 g/mol. The van der Waals surface area contributed by atoms with Crippen LogP contribution in [0.5, 0.6) is 5.75 Å². The molecule has 20 heavy (non-hydrogen) atoms. The minimum absolute atomic E-state index is 0.0830. The number of carbonyl (C=O) groups is 1. The van der Waals surface area contributed by atoms with Crippen molar-refractivity contribution in [2.24, 2.45) is 0 Å². The number of phenols is 1. The molecule has 0 aliphatic heterocycles. The highest BCUT2D eigenvalue weighted by Crippen LogP contribution is 2.13. The SMILES string of the molecule is Cc1nc(C)c(COC(=O)c2ccc(O)cc2)nc1C. The van der Waals surface area contributed by atoms with E-state index in [1.54, 1.807) is 0 Å². The Hall–Kier alpha value is -2.43. The minimum atomic E-state index is -0.454. The predicted octanol–water partition coefficient (Wildman–Crippen LogP) is 2.46. The van der Waals surface area contributed by atoms with Gasteiger partial charge in [0.1, 0.15) is 12.4 Å². The first-order valence-corrected chi connectivity index (χ1v) is 6.24. The van der Waals surface area contributed by atoms with Crippen molar-refractivity contribution in [2.45, 2.75) is 27.4 Å². The van der Waals surface area contributed by atoms with Crippen molar-refractivity contribution in [3.8, 4) is 5.75 Å². The van der Waals surface area contributed by atoms with Gasteiger partial charge in [0.15, 0.2) is 0 Å². The Morgan fingerprint density at radius 3 is 2.30 bits per heavy atom. The van der Waals surface area contributed by atoms with Gasteiger partial charge in [0.2, 0.25) is 0 Å². The maximum Gasteiger partial charge on any atom is 0.338 e. The third kappa shape index (κ3) is 3.12. The van der Waals surface area contributed by atoms with Crippen molar-refractivity contribution in [2.75, 3.05) is 0 Å². The fourth-order valence-corrected chi connectivity index (χ4v) is 1.71. The molecule has 0 spiro atoms. The molecule has 1 aromatic carbocycles. The number of aryl methyl sites for hydroxylation is 3. The van der Waals surface area contributed by atoms with Gasteiger partial charge in [0.25, 0.3) is 0 Å². The lowest BCUT2D eigenvalue weighted by Gasteiger charge is -2.09. The molecule has 0 bridgehead atoms. The van der Waals surface area contributed by atoms with Crippen molar-refractivity contribution < 1.29 is 14.6 Å². The summed E-state index contributed by atoms with van der Waals surface area (Å²) in [6, 6.07) is 5.91. The number of hydrogen-bond acceptors (Lipinski definition) is 5. The summed E-state index contributed by atoms with van der Waals surface area (Å²) in [7, 11) is 0. The number of hydrogen-bond donors (Lipinski definition) is 1. The van der Waals surface area contributed by atoms with Gasteiger partial charge in [0.05, 0.1) is 28.3 Å². The van der Waals surface area contributed by atoms with Gasteiger partial charge < -0.3 is 9.84 Å². The average Bonchev–Trinajstić information content (AvgIpc) is 2.42. The van der Waals surface area contributed by atoms with E-state index in [1.807, 2.05) is 20.8 Å². The highest BCUT2D eigenvalue weighted by molar-refractivity contribution is 5.89. The quantitative estimate of drug-likeness (QED) is 0.869. The van der Waals surface area contributed by atoms with E-state index in [-0.39, 0.29) is 12.4 Å². The Balaban J connectivity index is 2.07. The molecule has 0 saturated carbocycles. The van der Waals surface area contributed by atoms with Gasteiger partial charge in [0, 0.05) is 0 Å². The average molecular weight is 272 g/mol. The predicted molar refractivity (Wildman–Crippen MR) is 73.5 cm³/mol. The van der Waals surface area contributed by atoms with Crippen molar-refractivity contribution in [3.63, 3.8) is 0 Å². The molecule has 1 heterocycles. The van der Waals surface area contributed by atoms with E-state index in [0.717, 1.165) is 17.1 Å². The Labute approximate surface area is 117 Å². The van der Waals surface area contributed by atoms with Gasteiger partial charge in [-0.2, -0.15) is 0 Å². The van der Waals surface area contributed by atoms with Crippen molar-refractivity contribution in [1.29, 1.82) is 0 Å². The Kier molecular flexibility index (Phi) is 3.98. The summed E-state index contributed by atoms with van der Waals surface area (Å²) in [5.74, 6) is -0.346. The molecule has 5 heteroatoms. The summed E-state index contributed by atoms with van der Waals surface area (Å²) in [6.45, 7) is 5.68. The van der Waals surface area contributed by atoms with Gasteiger partial charge >= 0.3 is 5.97 Å². The summed E-state index contributed by atoms with van der Waals surface area (Å²) < 4.78 is 5.21. The van der Waals surface area contributed by atoms with Crippen LogP contribution in [0.1, 0.15) is 33.1 Å². The van der Waals surface area contributed by atoms with Crippen LogP contribution in [0, 0.1) is 20.8 Å². The van der Waals surface area contributed by atoms with Crippen LogP contribution in [0.2, 0.25) is 0 Å². The lowest BCUT2D eigenvalue weighted by molar-refractivity contribution is 0.0466. The number of aromatic hydroxyl groups is 1. The van der Waals surface area contributed by atoms with Crippen molar-refractivity contribution in [1.82, 2.24) is 9.97 Å². The minimum Gasteiger partial charge on any atom is -0.508 e. The zero-order valence-electron chi connectivity index (χ0n) is 11.7. The monoisotopic (exact) mass is 272 g/mol. The molecule has 1 aromatic heterocycles. The van der Waals surface area contributed by atoms with Gasteiger partial charge in [-0.3, -0.25) is 9.97 Å². The number of rotatable bonds is 3. The molecule has 0 radical (unpaired) electrons. The zero-order valence-corrected chi connectivity index (χ0v) is 11.7. The maximum atomic E-state index is 11.8. The first-order valence-electron chi connectivity index (χ1n) is 6.24. The number of nitrogens with zero attached hydrogens (tertiary/aromatic N) is 2. The number of esters is 1. The second-order valence-electron chi connectivity index (χ2n) is 4.55. The second-order valence-corrected chi connectivity index (χ2v) is 4.55. The van der Waals surface area contributed by atoms with Crippen LogP contribution >= 0.6 is 0 Å². The number of benzene rings is 1. The van der Waals surface area contributed by atoms with E-state index in [1.165, 1.54) is 24.3 Å². The fraction of sp³-hybridized carbons (Fsp3) is 0.267. The summed E-state index contributed by atoms with van der Waals surface area (Å²) in [4.78, 5) is 20.6. The molecule has 0 unspecified atom stereocenters. The van der Waals surface area contributed by atoms with Crippen LogP contribution in [0.25, 0.3) is 0 Å². The normalized spacial score (nSPS) is 10.3. The molecular formula is C15H16N2O3. The third-order valence-corrected chi connectivity index (χ3v) is 3.02. The van der Waals surface area contributed by atoms with Gasteiger partial charge in [-0.25, -0.2) is 4.79 Å². The Morgan fingerprint density at radius 1 is 1.05 bits per heavy atom. The van der Waals surface area contributed by atoms with Crippen LogP contribution in [-0.4, -0.2) is 21.0 Å². The summed E-state index contributed by atoms with van der Waals surface area (Å²) in [5.41, 5.74) is 3.49. The van der Waals surface area contributed by atoms with E-state index < -0.39 is 5.97 Å². The highest BCUT2D eigenvalue weighted by atomic mass is 16.5. The molecule has 104 valence electrons. The van der Waals surface area contributed by atoms with Crippen LogP contribution in [0.3, 0.4) is 0 Å². The molecule has 1 N–H and O–H groups in total. The molecule has 0 aliphatic carbocycles. The molecule has 0 fully saturated rings. The van der Waals surface area contributed by atoms with Crippen LogP contribution in [0.15, 0.2) is 24.3 Å². The van der Waals surface area contributed by atoms with E-state index >= 15 is 0 Å². The largest absolute Gasteiger partial charge is 0.508 e. The highest BCUT2D eigenvalue weighted by Gasteiger charge is 2.10. The maximum absolute atomic E-state index is 11.8. The molecule has 0 aliphatic rings. The zero-order chi connectivity index (χ0) is 14.7. The third-order valence-electron chi connectivity index (χ3n) is 3.02. The lowest BCUT2D eigenvalue weighted by atomic mass is 10.2. The number of aromatic nitrogens is 2. The summed E-state index contributed by atoms with van der Waals surface area (Å²) in [5, 5.41) is 9.17. The van der Waals surface area contributed by atoms with Crippen LogP contribution in [-0.2, 0) is 11.3 Å². The standard InChI is InChI=1S/C15H16N2O3/c1-9-10(2)17-14(11(3)16-9)8-20-15(19)12-4-6-13(18)7-5-12/h4-7,18H,8H2,1-3H3. The first kappa shape index (κ1) is 14.0. The lowest BCUT2D eigenvalue weighted by Crippen LogP contribution is -2.09. The number of carbonyl (C=O) groups excluding carboxylic acids is 1. The van der Waals surface area contributed by atoms with Crippen molar-refractivity contribution in [3.05, 3.63) is 52.6 Å². The van der Waals surface area contributed by atoms with E-state index in [0.29, 0.717) is 11.3 Å². The molecule has 0 saturated heterocycles. The van der Waals surface area contributed by atoms with Crippen molar-refractivity contribution >= 4 is 5.97 Å². The first-order chi connectivity index (χ1) is 9.47. The molecule has 5 nitrogen and oxygen atoms in total. The topological polar surface area (TPSA) is 72.3 Å². The van der Waals surface area contributed by atoms with E-state index in [9.17, 15) is 4.79 Å². The van der Waals surface area contributed by atoms with Crippen LogP contribution in [0.4, 0.5) is 0 Å². The second kappa shape index (κ2) is 5.69. The molecule has 0 amide bonds. The molecule has 0 atom stereocenters. The molecule has 2 aromatic rings. The van der Waals surface area contributed by atoms with Gasteiger partial charge in [-0.15, -0.1) is 0 Å². The fourth-order valence-electron chi connectivity index (χ4n) is 1.71. The summed E-state index contributed by atoms with van der Waals surface area (Å²) in [6.07, 6.45) is 0. The number of ether oxygens (including phenoxy) is 1. The van der Waals surface area contributed by atoms with E-state index in [4.69, 9.17) is 9.84 Å². The van der Waals surface area contributed by atoms with E-state index in [2.05, 4.69) is 9.97 Å². The van der Waals surface area contributed by atoms with Crippen LogP contribution < -0.4 is 0 Å². The Bertz CT molecular complexity index is 636. The van der Waals surface area contributed by atoms with Gasteiger partial charge in [-0.05, 0) is 45.0 Å². The number of phenolic OH excluding ortho intramolecular Hbond substituents is 1. The van der Waals surface area contributed by atoms with Gasteiger partial charge in [-0.1, -0.05) is 0 Å². The Morgan fingerprint density at radius 2 is 1.65 bits per heavy atom. The molecule has 2 rings (SSSR count).